The highest BCUT2D eigenvalue weighted by Crippen LogP contribution is 2.30. The van der Waals surface area contributed by atoms with Crippen LogP contribution in [0.15, 0.2) is 121 Å². The molecule has 1 fully saturated rings. The molecule has 1 aliphatic heterocycles. The van der Waals surface area contributed by atoms with Crippen LogP contribution in [-0.4, -0.2) is 42.4 Å². The van der Waals surface area contributed by atoms with Crippen molar-refractivity contribution in [3.8, 4) is 0 Å². The van der Waals surface area contributed by atoms with Gasteiger partial charge in [-0.15, -0.1) is 0 Å². The summed E-state index contributed by atoms with van der Waals surface area (Å²) in [6.07, 6.45) is -3.72. The molecule has 0 bridgehead atoms. The van der Waals surface area contributed by atoms with E-state index in [2.05, 4.69) is 0 Å². The minimum atomic E-state index is -1.22. The summed E-state index contributed by atoms with van der Waals surface area (Å²) in [5.74, 6) is 0. The van der Waals surface area contributed by atoms with Crippen LogP contribution in [0.1, 0.15) is 22.3 Å². The first-order valence-corrected chi connectivity index (χ1v) is 13.7. The summed E-state index contributed by atoms with van der Waals surface area (Å²) >= 11 is 0. The molecule has 4 aromatic rings. The summed E-state index contributed by atoms with van der Waals surface area (Å²) in [6.45, 7) is 1.65. The molecule has 1 saturated heterocycles. The molecule has 0 unspecified atom stereocenters. The van der Waals surface area contributed by atoms with E-state index in [-0.39, 0.29) is 6.61 Å². The van der Waals surface area contributed by atoms with Gasteiger partial charge in [-0.05, 0) is 22.3 Å². The molecule has 208 valence electrons. The van der Waals surface area contributed by atoms with Crippen molar-refractivity contribution >= 4 is 0 Å². The van der Waals surface area contributed by atoms with Gasteiger partial charge in [0, 0.05) is 0 Å². The topological polar surface area (TPSA) is 66.4 Å². The van der Waals surface area contributed by atoms with E-state index in [0.717, 1.165) is 22.3 Å². The highest BCUT2D eigenvalue weighted by atomic mass is 16.7. The fraction of sp³-hybridized carbons (Fsp3) is 0.294. The number of rotatable bonds is 13. The van der Waals surface area contributed by atoms with Gasteiger partial charge in [0.25, 0.3) is 0 Å². The molecule has 0 amide bonds. The van der Waals surface area contributed by atoms with Gasteiger partial charge in [0.2, 0.25) is 0 Å². The van der Waals surface area contributed by atoms with Crippen molar-refractivity contribution < 1.29 is 28.8 Å². The lowest BCUT2D eigenvalue weighted by molar-refractivity contribution is -0.317. The Hall–Kier alpha value is -3.36. The van der Waals surface area contributed by atoms with Crippen LogP contribution < -0.4 is 0 Å². The van der Waals surface area contributed by atoms with Crippen molar-refractivity contribution in [1.82, 2.24) is 0 Å². The quantitative estimate of drug-likeness (QED) is 0.236. The molecule has 0 spiro atoms. The molecule has 0 aliphatic carbocycles. The number of aliphatic hydroxyl groups excluding tert-OH is 1. The van der Waals surface area contributed by atoms with Crippen LogP contribution in [-0.2, 0) is 50.1 Å². The lowest BCUT2D eigenvalue weighted by Gasteiger charge is -2.44. The summed E-state index contributed by atoms with van der Waals surface area (Å²) in [6, 6.07) is 39.7. The number of aliphatic hydroxyl groups is 1. The minimum Gasteiger partial charge on any atom is -0.374 e. The molecule has 1 aliphatic rings. The van der Waals surface area contributed by atoms with Crippen LogP contribution in [0.3, 0.4) is 0 Å². The third kappa shape index (κ3) is 8.08. The molecule has 6 nitrogen and oxygen atoms in total. The Morgan fingerprint density at radius 3 is 1.30 bits per heavy atom. The van der Waals surface area contributed by atoms with Crippen molar-refractivity contribution in [2.75, 3.05) is 6.61 Å². The molecule has 5 atom stereocenters. The predicted octanol–water partition coefficient (Wildman–Crippen LogP) is 5.68. The average Bonchev–Trinajstić information content (AvgIpc) is 3.01. The number of ether oxygens (including phenoxy) is 5. The van der Waals surface area contributed by atoms with E-state index >= 15 is 0 Å². The molecule has 1 heterocycles. The lowest BCUT2D eigenvalue weighted by Crippen LogP contribution is -2.61. The Kier molecular flexibility index (Phi) is 10.5. The Morgan fingerprint density at radius 1 is 0.475 bits per heavy atom. The van der Waals surface area contributed by atoms with Crippen molar-refractivity contribution in [2.24, 2.45) is 0 Å². The molecule has 0 aromatic heterocycles. The Balaban J connectivity index is 1.36. The van der Waals surface area contributed by atoms with Crippen LogP contribution in [0.5, 0.6) is 0 Å². The van der Waals surface area contributed by atoms with Gasteiger partial charge in [-0.25, -0.2) is 0 Å². The van der Waals surface area contributed by atoms with Crippen molar-refractivity contribution in [2.45, 2.75) is 57.1 Å². The molecular formula is C34H36O6. The maximum absolute atomic E-state index is 11.2. The summed E-state index contributed by atoms with van der Waals surface area (Å²) < 4.78 is 31.4. The van der Waals surface area contributed by atoms with E-state index in [4.69, 9.17) is 23.7 Å². The van der Waals surface area contributed by atoms with Gasteiger partial charge < -0.3 is 28.8 Å². The maximum Gasteiger partial charge on any atom is 0.184 e. The molecule has 0 saturated carbocycles. The van der Waals surface area contributed by atoms with Gasteiger partial charge in [0.05, 0.1) is 33.0 Å². The van der Waals surface area contributed by atoms with E-state index in [1.54, 1.807) is 0 Å². The second-order valence-electron chi connectivity index (χ2n) is 9.85. The molecule has 1 N–H and O–H groups in total. The normalized spacial score (nSPS) is 22.7. The SMILES string of the molecule is O[C@@H]1O[C@@H](COCc2ccccc2)[C@H](OCc2ccccc2)[C@H](OCc2ccccc2)[C@@H]1OCc1ccccc1. The first-order chi connectivity index (χ1) is 19.8. The Bertz CT molecular complexity index is 1240. The monoisotopic (exact) mass is 540 g/mol. The fourth-order valence-corrected chi connectivity index (χ4v) is 4.77. The van der Waals surface area contributed by atoms with Crippen molar-refractivity contribution in [3.05, 3.63) is 144 Å². The average molecular weight is 541 g/mol. The zero-order chi connectivity index (χ0) is 27.4. The van der Waals surface area contributed by atoms with Crippen LogP contribution >= 0.6 is 0 Å². The second kappa shape index (κ2) is 14.9. The third-order valence-corrected chi connectivity index (χ3v) is 6.86. The van der Waals surface area contributed by atoms with Gasteiger partial charge in [0.1, 0.15) is 24.4 Å². The zero-order valence-corrected chi connectivity index (χ0v) is 22.5. The molecule has 0 radical (unpaired) electrons. The minimum absolute atomic E-state index is 0.224. The van der Waals surface area contributed by atoms with E-state index in [9.17, 15) is 5.11 Å². The summed E-state index contributed by atoms with van der Waals surface area (Å²) in [5, 5.41) is 11.2. The predicted molar refractivity (Wildman–Crippen MR) is 152 cm³/mol. The highest BCUT2D eigenvalue weighted by molar-refractivity contribution is 5.16. The Labute approximate surface area is 236 Å². The summed E-state index contributed by atoms with van der Waals surface area (Å²) in [4.78, 5) is 0. The number of hydrogen-bond donors (Lipinski definition) is 1. The molecule has 6 heteroatoms. The van der Waals surface area contributed by atoms with Crippen LogP contribution in [0.4, 0.5) is 0 Å². The van der Waals surface area contributed by atoms with Gasteiger partial charge in [-0.3, -0.25) is 0 Å². The van der Waals surface area contributed by atoms with E-state index in [1.165, 1.54) is 0 Å². The van der Waals surface area contributed by atoms with Gasteiger partial charge in [0.15, 0.2) is 6.29 Å². The van der Waals surface area contributed by atoms with E-state index < -0.39 is 30.7 Å². The van der Waals surface area contributed by atoms with E-state index in [0.29, 0.717) is 26.4 Å². The molecule has 40 heavy (non-hydrogen) atoms. The first-order valence-electron chi connectivity index (χ1n) is 13.7. The first kappa shape index (κ1) is 28.2. The fourth-order valence-electron chi connectivity index (χ4n) is 4.77. The lowest BCUT2D eigenvalue weighted by atomic mass is 9.98. The Morgan fingerprint density at radius 2 is 0.850 bits per heavy atom. The number of hydrogen-bond acceptors (Lipinski definition) is 6. The van der Waals surface area contributed by atoms with Crippen LogP contribution in [0.2, 0.25) is 0 Å². The smallest absolute Gasteiger partial charge is 0.184 e. The molecular weight excluding hydrogens is 504 g/mol. The number of benzene rings is 4. The zero-order valence-electron chi connectivity index (χ0n) is 22.5. The van der Waals surface area contributed by atoms with Crippen LogP contribution in [0.25, 0.3) is 0 Å². The van der Waals surface area contributed by atoms with Crippen LogP contribution in [0, 0.1) is 0 Å². The van der Waals surface area contributed by atoms with Gasteiger partial charge >= 0.3 is 0 Å². The highest BCUT2D eigenvalue weighted by Gasteiger charge is 2.48. The van der Waals surface area contributed by atoms with Gasteiger partial charge in [-0.1, -0.05) is 121 Å². The molecule has 4 aromatic carbocycles. The second-order valence-corrected chi connectivity index (χ2v) is 9.85. The van der Waals surface area contributed by atoms with Gasteiger partial charge in [-0.2, -0.15) is 0 Å². The largest absolute Gasteiger partial charge is 0.374 e. The summed E-state index contributed by atoms with van der Waals surface area (Å²) in [5.41, 5.74) is 4.10. The summed E-state index contributed by atoms with van der Waals surface area (Å²) in [7, 11) is 0. The van der Waals surface area contributed by atoms with Crippen molar-refractivity contribution in [3.63, 3.8) is 0 Å². The van der Waals surface area contributed by atoms with Crippen molar-refractivity contribution in [1.29, 1.82) is 0 Å². The van der Waals surface area contributed by atoms with E-state index in [1.807, 2.05) is 121 Å². The maximum atomic E-state index is 11.2. The molecule has 5 rings (SSSR count). The standard InChI is InChI=1S/C34H36O6/c35-34-33(39-24-29-19-11-4-12-20-29)32(38-23-28-17-9-3-10-18-28)31(37-22-27-15-7-2-8-16-27)30(40-34)25-36-21-26-13-5-1-6-14-26/h1-20,30-35H,21-25H2/t30-,31-,32-,33-,34+/m0/s1. The third-order valence-electron chi connectivity index (χ3n) is 6.86.